The quantitative estimate of drug-likeness (QED) is 0.848. The Morgan fingerprint density at radius 3 is 2.59 bits per heavy atom. The van der Waals surface area contributed by atoms with Crippen molar-refractivity contribution in [3.05, 3.63) is 56.9 Å². The molecule has 0 radical (unpaired) electrons. The van der Waals surface area contributed by atoms with E-state index in [2.05, 4.69) is 15.9 Å². The van der Waals surface area contributed by atoms with Gasteiger partial charge >= 0.3 is 0 Å². The summed E-state index contributed by atoms with van der Waals surface area (Å²) in [6.45, 7) is 0. The third-order valence-corrected chi connectivity index (χ3v) is 3.29. The standard InChI is InChI=1S/C11H7BrClF2NO/c12-6-1-2-7(14)8(9(6)15)10(16)5-3-4-17-11(5)13/h1-4,10H,16H2. The lowest BCUT2D eigenvalue weighted by Crippen LogP contribution is -2.15. The van der Waals surface area contributed by atoms with E-state index in [1.807, 2.05) is 0 Å². The molecular weight excluding hydrogens is 315 g/mol. The van der Waals surface area contributed by atoms with E-state index in [4.69, 9.17) is 21.8 Å². The molecular formula is C11H7BrClF2NO. The Morgan fingerprint density at radius 1 is 1.29 bits per heavy atom. The predicted octanol–water partition coefficient (Wildman–Crippen LogP) is 4.02. The van der Waals surface area contributed by atoms with E-state index in [1.54, 1.807) is 0 Å². The van der Waals surface area contributed by atoms with Crippen LogP contribution in [0.3, 0.4) is 0 Å². The second kappa shape index (κ2) is 4.76. The van der Waals surface area contributed by atoms with E-state index in [1.165, 1.54) is 18.4 Å². The molecule has 2 aromatic rings. The third-order valence-electron chi connectivity index (χ3n) is 2.37. The van der Waals surface area contributed by atoms with Crippen LogP contribution in [0.2, 0.25) is 5.22 Å². The maximum Gasteiger partial charge on any atom is 0.198 e. The zero-order valence-electron chi connectivity index (χ0n) is 8.38. The minimum atomic E-state index is -1.02. The van der Waals surface area contributed by atoms with E-state index >= 15 is 0 Å². The molecule has 17 heavy (non-hydrogen) atoms. The number of benzene rings is 1. The second-order valence-corrected chi connectivity index (χ2v) is 4.58. The van der Waals surface area contributed by atoms with Crippen LogP contribution in [0.1, 0.15) is 17.2 Å². The highest BCUT2D eigenvalue weighted by atomic mass is 79.9. The van der Waals surface area contributed by atoms with Crippen LogP contribution >= 0.6 is 27.5 Å². The molecule has 0 fully saturated rings. The van der Waals surface area contributed by atoms with Crippen LogP contribution in [0.25, 0.3) is 0 Å². The smallest absolute Gasteiger partial charge is 0.198 e. The monoisotopic (exact) mass is 321 g/mol. The highest BCUT2D eigenvalue weighted by Crippen LogP contribution is 2.32. The van der Waals surface area contributed by atoms with Gasteiger partial charge in [-0.15, -0.1) is 0 Å². The molecule has 0 bridgehead atoms. The Labute approximate surface area is 109 Å². The van der Waals surface area contributed by atoms with Crippen molar-refractivity contribution in [2.75, 3.05) is 0 Å². The van der Waals surface area contributed by atoms with Gasteiger partial charge in [-0.25, -0.2) is 8.78 Å². The number of furan rings is 1. The van der Waals surface area contributed by atoms with E-state index in [0.29, 0.717) is 5.56 Å². The summed E-state index contributed by atoms with van der Waals surface area (Å²) in [4.78, 5) is 0. The largest absolute Gasteiger partial charge is 0.453 e. The van der Waals surface area contributed by atoms with Gasteiger partial charge in [0.2, 0.25) is 0 Å². The first kappa shape index (κ1) is 12.5. The Hall–Kier alpha value is -0.910. The molecule has 90 valence electrons. The summed E-state index contributed by atoms with van der Waals surface area (Å²) in [5, 5.41) is 0.0243. The molecule has 0 spiro atoms. The summed E-state index contributed by atoms with van der Waals surface area (Å²) in [6.07, 6.45) is 1.31. The summed E-state index contributed by atoms with van der Waals surface area (Å²) in [7, 11) is 0. The van der Waals surface area contributed by atoms with Crippen molar-refractivity contribution in [2.45, 2.75) is 6.04 Å². The molecule has 2 nitrogen and oxygen atoms in total. The number of halogens is 4. The van der Waals surface area contributed by atoms with Gasteiger partial charge in [0, 0.05) is 11.1 Å². The zero-order valence-corrected chi connectivity index (χ0v) is 10.7. The molecule has 0 saturated heterocycles. The van der Waals surface area contributed by atoms with Crippen LogP contribution in [-0.2, 0) is 0 Å². The van der Waals surface area contributed by atoms with Gasteiger partial charge in [0.15, 0.2) is 5.22 Å². The number of hydrogen-bond acceptors (Lipinski definition) is 2. The van der Waals surface area contributed by atoms with Crippen molar-refractivity contribution in [3.63, 3.8) is 0 Å². The number of rotatable bonds is 2. The fourth-order valence-corrected chi connectivity index (χ4v) is 2.09. The lowest BCUT2D eigenvalue weighted by Gasteiger charge is -2.13. The number of hydrogen-bond donors (Lipinski definition) is 1. The van der Waals surface area contributed by atoms with Crippen LogP contribution in [0.4, 0.5) is 8.78 Å². The summed E-state index contributed by atoms with van der Waals surface area (Å²) < 4.78 is 32.4. The van der Waals surface area contributed by atoms with Crippen molar-refractivity contribution >= 4 is 27.5 Å². The summed E-state index contributed by atoms with van der Waals surface area (Å²) in [5.41, 5.74) is 5.88. The van der Waals surface area contributed by atoms with Crippen LogP contribution in [0.15, 0.2) is 33.4 Å². The lowest BCUT2D eigenvalue weighted by molar-refractivity contribution is 0.534. The Balaban J connectivity index is 2.55. The maximum absolute atomic E-state index is 13.8. The first-order chi connectivity index (χ1) is 8.02. The van der Waals surface area contributed by atoms with Gasteiger partial charge in [-0.3, -0.25) is 0 Å². The van der Waals surface area contributed by atoms with Crippen LogP contribution in [-0.4, -0.2) is 0 Å². The molecule has 1 aromatic carbocycles. The van der Waals surface area contributed by atoms with Gasteiger partial charge < -0.3 is 10.2 Å². The van der Waals surface area contributed by atoms with Crippen molar-refractivity contribution in [1.82, 2.24) is 0 Å². The molecule has 1 heterocycles. The van der Waals surface area contributed by atoms with Crippen LogP contribution in [0, 0.1) is 11.6 Å². The van der Waals surface area contributed by atoms with Crippen molar-refractivity contribution < 1.29 is 13.2 Å². The van der Waals surface area contributed by atoms with E-state index < -0.39 is 17.7 Å². The molecule has 2 N–H and O–H groups in total. The number of nitrogens with two attached hydrogens (primary N) is 1. The molecule has 0 amide bonds. The predicted molar refractivity (Wildman–Crippen MR) is 63.8 cm³/mol. The van der Waals surface area contributed by atoms with Gasteiger partial charge in [0.25, 0.3) is 0 Å². The lowest BCUT2D eigenvalue weighted by atomic mass is 10.0. The molecule has 1 atom stereocenters. The van der Waals surface area contributed by atoms with Crippen molar-refractivity contribution in [2.24, 2.45) is 5.73 Å². The van der Waals surface area contributed by atoms with Crippen LogP contribution in [0.5, 0.6) is 0 Å². The average molecular weight is 323 g/mol. The van der Waals surface area contributed by atoms with Gasteiger partial charge in [0.05, 0.1) is 16.8 Å². The first-order valence-electron chi connectivity index (χ1n) is 4.64. The molecule has 2 rings (SSSR count). The second-order valence-electron chi connectivity index (χ2n) is 3.38. The fraction of sp³-hybridized carbons (Fsp3) is 0.0909. The highest BCUT2D eigenvalue weighted by molar-refractivity contribution is 9.10. The van der Waals surface area contributed by atoms with E-state index in [9.17, 15) is 8.78 Å². The fourth-order valence-electron chi connectivity index (χ4n) is 1.51. The maximum atomic E-state index is 13.8. The average Bonchev–Trinajstić information content (AvgIpc) is 2.70. The highest BCUT2D eigenvalue weighted by Gasteiger charge is 2.23. The normalized spacial score (nSPS) is 12.8. The SMILES string of the molecule is NC(c1ccoc1Cl)c1c(F)ccc(Br)c1F. The van der Waals surface area contributed by atoms with E-state index in [-0.39, 0.29) is 15.3 Å². The zero-order chi connectivity index (χ0) is 12.6. The topological polar surface area (TPSA) is 39.2 Å². The minimum Gasteiger partial charge on any atom is -0.453 e. The van der Waals surface area contributed by atoms with Crippen LogP contribution < -0.4 is 5.73 Å². The molecule has 1 aromatic heterocycles. The Bertz CT molecular complexity index is 558. The van der Waals surface area contributed by atoms with Gasteiger partial charge in [-0.05, 0) is 45.7 Å². The summed E-state index contributed by atoms with van der Waals surface area (Å²) in [5.74, 6) is -1.47. The molecule has 0 saturated carbocycles. The third kappa shape index (κ3) is 2.22. The van der Waals surface area contributed by atoms with Gasteiger partial charge in [-0.2, -0.15) is 0 Å². The molecule has 0 aliphatic carbocycles. The Kier molecular flexibility index (Phi) is 3.51. The minimum absolute atomic E-state index is 0.0243. The van der Waals surface area contributed by atoms with Gasteiger partial charge in [0.1, 0.15) is 11.6 Å². The summed E-state index contributed by atoms with van der Waals surface area (Å²) in [6, 6.07) is 2.87. The first-order valence-corrected chi connectivity index (χ1v) is 5.81. The molecule has 0 aliphatic rings. The van der Waals surface area contributed by atoms with Gasteiger partial charge in [-0.1, -0.05) is 0 Å². The molecule has 0 aliphatic heterocycles. The Morgan fingerprint density at radius 2 is 2.00 bits per heavy atom. The molecule has 6 heteroatoms. The summed E-state index contributed by atoms with van der Waals surface area (Å²) >= 11 is 8.70. The van der Waals surface area contributed by atoms with Crippen molar-refractivity contribution in [3.8, 4) is 0 Å². The molecule has 1 unspecified atom stereocenters. The van der Waals surface area contributed by atoms with E-state index in [0.717, 1.165) is 6.07 Å². The van der Waals surface area contributed by atoms with Crippen molar-refractivity contribution in [1.29, 1.82) is 0 Å².